The molecule has 5 nitrogen and oxygen atoms in total. The van der Waals surface area contributed by atoms with Gasteiger partial charge in [-0.2, -0.15) is 0 Å². The van der Waals surface area contributed by atoms with Gasteiger partial charge in [-0.25, -0.2) is 0 Å². The van der Waals surface area contributed by atoms with Crippen LogP contribution in [0.5, 0.6) is 0 Å². The van der Waals surface area contributed by atoms with Gasteiger partial charge in [-0.15, -0.1) is 0 Å². The van der Waals surface area contributed by atoms with Crippen molar-refractivity contribution in [2.45, 2.75) is 26.3 Å². The topological polar surface area (TPSA) is 60.9 Å². The van der Waals surface area contributed by atoms with Gasteiger partial charge in [0, 0.05) is 50.6 Å². The fourth-order valence-electron chi connectivity index (χ4n) is 2.80. The molecule has 1 amide bonds. The van der Waals surface area contributed by atoms with Crippen LogP contribution in [0.1, 0.15) is 25.3 Å². The summed E-state index contributed by atoms with van der Waals surface area (Å²) in [6.45, 7) is 5.74. The maximum absolute atomic E-state index is 12.2. The Balaban J connectivity index is 1.75. The third-order valence-electron chi connectivity index (χ3n) is 4.09. The number of aliphatic carboxylic acids is 1. The normalized spacial score (nSPS) is 17.0. The largest absolute Gasteiger partial charge is 0.481 e. The molecule has 1 fully saturated rings. The van der Waals surface area contributed by atoms with Crippen molar-refractivity contribution in [2.24, 2.45) is 5.92 Å². The molecular weight excluding hydrogens is 316 g/mol. The van der Waals surface area contributed by atoms with Gasteiger partial charge in [0.1, 0.15) is 0 Å². The minimum Gasteiger partial charge on any atom is -0.481 e. The van der Waals surface area contributed by atoms with Crippen LogP contribution in [0.3, 0.4) is 0 Å². The number of carboxylic acid groups (broad SMARTS) is 1. The summed E-state index contributed by atoms with van der Waals surface area (Å²) in [7, 11) is 0. The Hall–Kier alpha value is -1.59. The number of piperazine rings is 1. The molecule has 0 spiro atoms. The number of halogens is 1. The van der Waals surface area contributed by atoms with Crippen LogP contribution in [0.2, 0.25) is 5.02 Å². The summed E-state index contributed by atoms with van der Waals surface area (Å²) in [5.41, 5.74) is 1.21. The molecule has 1 saturated heterocycles. The van der Waals surface area contributed by atoms with Crippen molar-refractivity contribution >= 4 is 23.5 Å². The lowest BCUT2D eigenvalue weighted by atomic mass is 10.0. The Morgan fingerprint density at radius 2 is 1.74 bits per heavy atom. The zero-order chi connectivity index (χ0) is 16.8. The Morgan fingerprint density at radius 1 is 1.13 bits per heavy atom. The Labute approximate surface area is 141 Å². The summed E-state index contributed by atoms with van der Waals surface area (Å²) in [5, 5.41) is 9.50. The van der Waals surface area contributed by atoms with Gasteiger partial charge in [-0.1, -0.05) is 30.7 Å². The third kappa shape index (κ3) is 5.84. The van der Waals surface area contributed by atoms with E-state index in [1.165, 1.54) is 5.56 Å². The van der Waals surface area contributed by atoms with E-state index < -0.39 is 5.97 Å². The van der Waals surface area contributed by atoms with Gasteiger partial charge in [0.25, 0.3) is 0 Å². The minimum atomic E-state index is -0.849. The van der Waals surface area contributed by atoms with Crippen LogP contribution in [0.4, 0.5) is 0 Å². The van der Waals surface area contributed by atoms with Gasteiger partial charge in [0.05, 0.1) is 0 Å². The number of carboxylic acids is 1. The molecule has 0 saturated carbocycles. The molecule has 0 radical (unpaired) electrons. The molecule has 6 heteroatoms. The molecule has 1 aliphatic heterocycles. The molecule has 1 aromatic carbocycles. The summed E-state index contributed by atoms with van der Waals surface area (Å²) in [6.07, 6.45) is 0.353. The van der Waals surface area contributed by atoms with E-state index in [0.717, 1.165) is 24.7 Å². The molecule has 1 aliphatic rings. The molecule has 0 aliphatic carbocycles. The second-order valence-corrected chi connectivity index (χ2v) is 6.63. The molecule has 126 valence electrons. The summed E-state index contributed by atoms with van der Waals surface area (Å²) in [4.78, 5) is 27.0. The first-order valence-electron chi connectivity index (χ1n) is 7.90. The van der Waals surface area contributed by atoms with E-state index in [-0.39, 0.29) is 18.2 Å². The molecule has 1 unspecified atom stereocenters. The highest BCUT2D eigenvalue weighted by molar-refractivity contribution is 6.30. The van der Waals surface area contributed by atoms with E-state index in [1.807, 2.05) is 36.1 Å². The second kappa shape index (κ2) is 8.31. The van der Waals surface area contributed by atoms with Crippen LogP contribution in [-0.2, 0) is 16.1 Å². The maximum Gasteiger partial charge on any atom is 0.303 e. The molecule has 23 heavy (non-hydrogen) atoms. The standard InChI is InChI=1S/C17H23ClN2O3/c1-13(11-17(22)23)10-16(21)20-8-6-19(7-9-20)12-14-2-4-15(18)5-3-14/h2-5,13H,6-12H2,1H3,(H,22,23). The lowest BCUT2D eigenvalue weighted by Crippen LogP contribution is -2.48. The summed E-state index contributed by atoms with van der Waals surface area (Å²) in [6, 6.07) is 7.82. The number of rotatable bonds is 6. The van der Waals surface area contributed by atoms with E-state index >= 15 is 0 Å². The van der Waals surface area contributed by atoms with Gasteiger partial charge in [0.15, 0.2) is 0 Å². The van der Waals surface area contributed by atoms with E-state index in [9.17, 15) is 9.59 Å². The van der Waals surface area contributed by atoms with Crippen molar-refractivity contribution in [1.82, 2.24) is 9.80 Å². The number of benzene rings is 1. The highest BCUT2D eigenvalue weighted by Gasteiger charge is 2.23. The fourth-order valence-corrected chi connectivity index (χ4v) is 2.93. The molecular formula is C17H23ClN2O3. The first-order valence-corrected chi connectivity index (χ1v) is 8.28. The average molecular weight is 339 g/mol. The molecule has 0 bridgehead atoms. The zero-order valence-electron chi connectivity index (χ0n) is 13.4. The first-order chi connectivity index (χ1) is 10.9. The molecule has 1 aromatic rings. The molecule has 1 heterocycles. The van der Waals surface area contributed by atoms with Crippen LogP contribution in [0, 0.1) is 5.92 Å². The SMILES string of the molecule is CC(CC(=O)O)CC(=O)N1CCN(Cc2ccc(Cl)cc2)CC1. The zero-order valence-corrected chi connectivity index (χ0v) is 14.1. The van der Waals surface area contributed by atoms with Crippen LogP contribution in [0.25, 0.3) is 0 Å². The Bertz CT molecular complexity index is 539. The number of hydrogen-bond acceptors (Lipinski definition) is 3. The van der Waals surface area contributed by atoms with Crippen molar-refractivity contribution in [3.8, 4) is 0 Å². The average Bonchev–Trinajstić information content (AvgIpc) is 2.49. The lowest BCUT2D eigenvalue weighted by molar-refractivity contribution is -0.139. The number of carbonyl (C=O) groups is 2. The monoisotopic (exact) mass is 338 g/mol. The molecule has 2 rings (SSSR count). The lowest BCUT2D eigenvalue weighted by Gasteiger charge is -2.35. The van der Waals surface area contributed by atoms with Crippen molar-refractivity contribution in [3.63, 3.8) is 0 Å². The number of amides is 1. The van der Waals surface area contributed by atoms with E-state index in [2.05, 4.69) is 4.90 Å². The highest BCUT2D eigenvalue weighted by Crippen LogP contribution is 2.15. The van der Waals surface area contributed by atoms with Gasteiger partial charge in [-0.05, 0) is 23.6 Å². The Morgan fingerprint density at radius 3 is 2.30 bits per heavy atom. The van der Waals surface area contributed by atoms with E-state index in [4.69, 9.17) is 16.7 Å². The minimum absolute atomic E-state index is 0.0439. The maximum atomic E-state index is 12.2. The van der Waals surface area contributed by atoms with Crippen LogP contribution in [-0.4, -0.2) is 53.0 Å². The summed E-state index contributed by atoms with van der Waals surface area (Å²) >= 11 is 5.89. The van der Waals surface area contributed by atoms with Crippen LogP contribution >= 0.6 is 11.6 Å². The van der Waals surface area contributed by atoms with Crippen molar-refractivity contribution in [1.29, 1.82) is 0 Å². The van der Waals surface area contributed by atoms with Gasteiger partial charge >= 0.3 is 5.97 Å². The molecule has 0 aromatic heterocycles. The quantitative estimate of drug-likeness (QED) is 0.865. The van der Waals surface area contributed by atoms with E-state index in [0.29, 0.717) is 19.5 Å². The molecule has 1 atom stereocenters. The predicted molar refractivity (Wildman–Crippen MR) is 89.3 cm³/mol. The van der Waals surface area contributed by atoms with Gasteiger partial charge in [-0.3, -0.25) is 14.5 Å². The number of carbonyl (C=O) groups excluding carboxylic acids is 1. The van der Waals surface area contributed by atoms with Crippen LogP contribution < -0.4 is 0 Å². The first kappa shape index (κ1) is 17.8. The summed E-state index contributed by atoms with van der Waals surface area (Å²) in [5.74, 6) is -0.907. The van der Waals surface area contributed by atoms with E-state index in [1.54, 1.807) is 0 Å². The van der Waals surface area contributed by atoms with Crippen molar-refractivity contribution < 1.29 is 14.7 Å². The third-order valence-corrected chi connectivity index (χ3v) is 4.34. The number of hydrogen-bond donors (Lipinski definition) is 1. The van der Waals surface area contributed by atoms with Crippen LogP contribution in [0.15, 0.2) is 24.3 Å². The second-order valence-electron chi connectivity index (χ2n) is 6.19. The fraction of sp³-hybridized carbons (Fsp3) is 0.529. The smallest absolute Gasteiger partial charge is 0.303 e. The van der Waals surface area contributed by atoms with Crippen molar-refractivity contribution in [3.05, 3.63) is 34.9 Å². The summed E-state index contributed by atoms with van der Waals surface area (Å²) < 4.78 is 0. The van der Waals surface area contributed by atoms with Crippen molar-refractivity contribution in [2.75, 3.05) is 26.2 Å². The van der Waals surface area contributed by atoms with Gasteiger partial charge < -0.3 is 10.0 Å². The predicted octanol–water partition coefficient (Wildman–Crippen LogP) is 2.49. The Kier molecular flexibility index (Phi) is 6.42. The van der Waals surface area contributed by atoms with Gasteiger partial charge in [0.2, 0.25) is 5.91 Å². The molecule has 1 N–H and O–H groups in total. The highest BCUT2D eigenvalue weighted by atomic mass is 35.5. The number of nitrogens with zero attached hydrogens (tertiary/aromatic N) is 2.